The Hall–Kier alpha value is -4.34. The minimum absolute atomic E-state index is 0.0653. The van der Waals surface area contributed by atoms with E-state index in [0.29, 0.717) is 11.4 Å². The van der Waals surface area contributed by atoms with Crippen LogP contribution in [0.1, 0.15) is 0 Å². The van der Waals surface area contributed by atoms with Gasteiger partial charge in [0.05, 0.1) is 17.6 Å². The van der Waals surface area contributed by atoms with Crippen molar-refractivity contribution in [2.45, 2.75) is 0 Å². The third kappa shape index (κ3) is 4.64. The van der Waals surface area contributed by atoms with Gasteiger partial charge in [0.15, 0.2) is 0 Å². The monoisotopic (exact) mass is 414 g/mol. The highest BCUT2D eigenvalue weighted by molar-refractivity contribution is 5.90. The lowest BCUT2D eigenvalue weighted by molar-refractivity contribution is 0.0282. The van der Waals surface area contributed by atoms with Crippen LogP contribution in [-0.4, -0.2) is 31.0 Å². The predicted octanol–water partition coefficient (Wildman–Crippen LogP) is 3.65. The lowest BCUT2D eigenvalue weighted by atomic mass is 10.1. The molecule has 4 rings (SSSR count). The SMILES string of the molecule is O=C(/N=c1/cc(-c2ccccc2)n(-c2ccncc2)cc1N(O)O)Nc1cccnc1. The summed E-state index contributed by atoms with van der Waals surface area (Å²) in [5, 5.41) is 22.2. The molecule has 0 atom stereocenters. The molecule has 0 bridgehead atoms. The fourth-order valence-corrected chi connectivity index (χ4v) is 3.02. The van der Waals surface area contributed by atoms with E-state index in [1.54, 1.807) is 53.5 Å². The van der Waals surface area contributed by atoms with Crippen LogP contribution in [0.3, 0.4) is 0 Å². The number of carbonyl (C=O) groups is 1. The van der Waals surface area contributed by atoms with Crippen molar-refractivity contribution in [3.05, 3.63) is 97.0 Å². The Balaban J connectivity index is 1.88. The molecule has 0 fully saturated rings. The van der Waals surface area contributed by atoms with Crippen molar-refractivity contribution in [1.29, 1.82) is 0 Å². The van der Waals surface area contributed by atoms with Gasteiger partial charge in [-0.2, -0.15) is 4.99 Å². The van der Waals surface area contributed by atoms with Crippen LogP contribution in [0.25, 0.3) is 16.9 Å². The molecule has 9 nitrogen and oxygen atoms in total. The second kappa shape index (κ2) is 8.99. The molecular weight excluding hydrogens is 396 g/mol. The standard InChI is InChI=1S/C22H18N6O3/c29-22(25-17-7-4-10-24-14-17)26-19-13-20(16-5-2-1-3-6-16)27(15-21(19)28(30)31)18-8-11-23-12-9-18/h1-15,30-31H,(H,25,29)/b26-19-. The van der Waals surface area contributed by atoms with Gasteiger partial charge in [-0.15, -0.1) is 5.23 Å². The van der Waals surface area contributed by atoms with Gasteiger partial charge in [0.25, 0.3) is 0 Å². The average molecular weight is 414 g/mol. The topological polar surface area (TPSA) is 116 Å². The number of rotatable bonds is 4. The Labute approximate surface area is 177 Å². The summed E-state index contributed by atoms with van der Waals surface area (Å²) >= 11 is 0. The van der Waals surface area contributed by atoms with Crippen molar-refractivity contribution in [2.24, 2.45) is 4.99 Å². The molecule has 0 saturated carbocycles. The molecule has 3 N–H and O–H groups in total. The molecule has 3 heterocycles. The lowest BCUT2D eigenvalue weighted by Crippen LogP contribution is -2.25. The van der Waals surface area contributed by atoms with Crippen LogP contribution < -0.4 is 15.9 Å². The first kappa shape index (κ1) is 20.0. The Morgan fingerprint density at radius 3 is 2.42 bits per heavy atom. The molecule has 154 valence electrons. The van der Waals surface area contributed by atoms with E-state index in [1.807, 2.05) is 30.3 Å². The van der Waals surface area contributed by atoms with E-state index >= 15 is 0 Å². The third-order valence-electron chi connectivity index (χ3n) is 4.41. The molecular formula is C22H18N6O3. The van der Waals surface area contributed by atoms with Crippen LogP contribution in [0.2, 0.25) is 0 Å². The predicted molar refractivity (Wildman–Crippen MR) is 114 cm³/mol. The Kier molecular flexibility index (Phi) is 5.79. The summed E-state index contributed by atoms with van der Waals surface area (Å²) in [7, 11) is 0. The summed E-state index contributed by atoms with van der Waals surface area (Å²) in [5.74, 6) is 0. The number of pyridine rings is 3. The van der Waals surface area contributed by atoms with Gasteiger partial charge in [-0.05, 0) is 35.9 Å². The van der Waals surface area contributed by atoms with Crippen molar-refractivity contribution < 1.29 is 15.2 Å². The van der Waals surface area contributed by atoms with Crippen molar-refractivity contribution >= 4 is 17.4 Å². The Morgan fingerprint density at radius 1 is 0.968 bits per heavy atom. The van der Waals surface area contributed by atoms with Crippen molar-refractivity contribution in [1.82, 2.24) is 14.5 Å². The first-order valence-corrected chi connectivity index (χ1v) is 9.28. The summed E-state index contributed by atoms with van der Waals surface area (Å²) in [6, 6.07) is 17.3. The first-order chi connectivity index (χ1) is 15.1. The van der Waals surface area contributed by atoms with Crippen molar-refractivity contribution in [3.63, 3.8) is 0 Å². The first-order valence-electron chi connectivity index (χ1n) is 9.28. The number of benzene rings is 1. The van der Waals surface area contributed by atoms with E-state index in [9.17, 15) is 15.2 Å². The zero-order valence-electron chi connectivity index (χ0n) is 16.2. The van der Waals surface area contributed by atoms with E-state index in [4.69, 9.17) is 0 Å². The van der Waals surface area contributed by atoms with Crippen LogP contribution in [0.4, 0.5) is 16.2 Å². The minimum atomic E-state index is -0.684. The molecule has 1 aromatic carbocycles. The number of carbonyl (C=O) groups excluding carboxylic acids is 1. The van der Waals surface area contributed by atoms with Gasteiger partial charge in [-0.25, -0.2) is 4.79 Å². The van der Waals surface area contributed by atoms with Gasteiger partial charge in [-0.1, -0.05) is 30.3 Å². The Bertz CT molecular complexity index is 1240. The quantitative estimate of drug-likeness (QED) is 0.439. The van der Waals surface area contributed by atoms with Crippen molar-refractivity contribution in [2.75, 3.05) is 10.5 Å². The molecule has 0 aliphatic carbocycles. The van der Waals surface area contributed by atoms with Crippen LogP contribution in [0, 0.1) is 0 Å². The third-order valence-corrected chi connectivity index (χ3v) is 4.41. The summed E-state index contributed by atoms with van der Waals surface area (Å²) in [6.45, 7) is 0. The average Bonchev–Trinajstić information content (AvgIpc) is 2.80. The zero-order valence-corrected chi connectivity index (χ0v) is 16.2. The number of nitrogens with one attached hydrogen (secondary N) is 1. The number of hydrogen-bond acceptors (Lipinski definition) is 6. The molecule has 0 aliphatic rings. The van der Waals surface area contributed by atoms with Gasteiger partial charge in [0, 0.05) is 30.5 Å². The molecule has 31 heavy (non-hydrogen) atoms. The fraction of sp³-hybridized carbons (Fsp3) is 0. The zero-order chi connectivity index (χ0) is 21.6. The number of hydrogen-bond donors (Lipinski definition) is 3. The second-order valence-electron chi connectivity index (χ2n) is 6.44. The smallest absolute Gasteiger partial charge is 0.314 e. The van der Waals surface area contributed by atoms with E-state index in [-0.39, 0.29) is 16.3 Å². The van der Waals surface area contributed by atoms with Crippen LogP contribution >= 0.6 is 0 Å². The number of anilines is 2. The molecule has 3 aromatic heterocycles. The van der Waals surface area contributed by atoms with E-state index in [0.717, 1.165) is 11.3 Å². The highest BCUT2D eigenvalue weighted by Gasteiger charge is 2.13. The maximum atomic E-state index is 12.5. The van der Waals surface area contributed by atoms with E-state index in [1.165, 1.54) is 12.4 Å². The molecule has 0 saturated heterocycles. The summed E-state index contributed by atoms with van der Waals surface area (Å²) < 4.78 is 1.75. The van der Waals surface area contributed by atoms with E-state index < -0.39 is 6.03 Å². The highest BCUT2D eigenvalue weighted by Crippen LogP contribution is 2.23. The molecule has 0 unspecified atom stereocenters. The number of amides is 2. The largest absolute Gasteiger partial charge is 0.346 e. The van der Waals surface area contributed by atoms with E-state index in [2.05, 4.69) is 20.3 Å². The molecule has 0 spiro atoms. The fourth-order valence-electron chi connectivity index (χ4n) is 3.02. The van der Waals surface area contributed by atoms with Crippen LogP contribution in [-0.2, 0) is 0 Å². The van der Waals surface area contributed by atoms with Crippen LogP contribution in [0.15, 0.2) is 96.6 Å². The van der Waals surface area contributed by atoms with Gasteiger partial charge in [0.1, 0.15) is 11.0 Å². The molecule has 0 radical (unpaired) electrons. The minimum Gasteiger partial charge on any atom is -0.314 e. The van der Waals surface area contributed by atoms with Crippen LogP contribution in [0.5, 0.6) is 0 Å². The highest BCUT2D eigenvalue weighted by atomic mass is 16.8. The summed E-state index contributed by atoms with van der Waals surface area (Å²) in [6.07, 6.45) is 7.81. The summed E-state index contributed by atoms with van der Waals surface area (Å²) in [5.41, 5.74) is 2.65. The normalized spacial score (nSPS) is 11.2. The van der Waals surface area contributed by atoms with Gasteiger partial charge >= 0.3 is 6.03 Å². The van der Waals surface area contributed by atoms with Gasteiger partial charge in [-0.3, -0.25) is 20.4 Å². The van der Waals surface area contributed by atoms with Gasteiger partial charge in [0.2, 0.25) is 0 Å². The maximum absolute atomic E-state index is 12.5. The maximum Gasteiger partial charge on any atom is 0.346 e. The number of urea groups is 1. The second-order valence-corrected chi connectivity index (χ2v) is 6.44. The lowest BCUT2D eigenvalue weighted by Gasteiger charge is -2.18. The Morgan fingerprint density at radius 2 is 1.74 bits per heavy atom. The molecule has 9 heteroatoms. The number of aromatic nitrogens is 3. The molecule has 2 amide bonds. The number of nitrogens with zero attached hydrogens (tertiary/aromatic N) is 5. The molecule has 4 aromatic rings. The summed E-state index contributed by atoms with van der Waals surface area (Å²) in [4.78, 5) is 24.5. The van der Waals surface area contributed by atoms with Crippen molar-refractivity contribution in [3.8, 4) is 16.9 Å². The van der Waals surface area contributed by atoms with Gasteiger partial charge < -0.3 is 9.88 Å². The molecule has 0 aliphatic heterocycles.